The lowest BCUT2D eigenvalue weighted by atomic mass is 10.0. The third-order valence-corrected chi connectivity index (χ3v) is 4.07. The number of halogens is 1. The molecule has 130 valence electrons. The van der Waals surface area contributed by atoms with Gasteiger partial charge in [0.15, 0.2) is 11.5 Å². The number of carbonyl (C=O) groups is 1. The number of hydrogen-bond donors (Lipinski definition) is 1. The van der Waals surface area contributed by atoms with Crippen LogP contribution in [-0.4, -0.2) is 19.6 Å². The Morgan fingerprint density at radius 2 is 1.96 bits per heavy atom. The highest BCUT2D eigenvalue weighted by molar-refractivity contribution is 6.36. The number of carbonyl (C=O) groups excluding carboxylic acids is 1. The molecule has 0 saturated carbocycles. The fourth-order valence-electron chi connectivity index (χ4n) is 2.62. The van der Waals surface area contributed by atoms with E-state index in [0.29, 0.717) is 34.6 Å². The minimum atomic E-state index is -0.141. The summed E-state index contributed by atoms with van der Waals surface area (Å²) in [5.41, 5.74) is 3.01. The maximum atomic E-state index is 12.3. The number of benzene rings is 2. The molecule has 0 unspecified atom stereocenters. The van der Waals surface area contributed by atoms with E-state index in [2.05, 4.69) is 19.2 Å². The fourth-order valence-corrected chi connectivity index (χ4v) is 2.79. The van der Waals surface area contributed by atoms with Crippen LogP contribution >= 0.6 is 11.6 Å². The van der Waals surface area contributed by atoms with Crippen molar-refractivity contribution < 1.29 is 14.3 Å². The number of methoxy groups -OCH3 is 1. The van der Waals surface area contributed by atoms with Crippen molar-refractivity contribution in [2.45, 2.75) is 13.8 Å². The average molecular weight is 358 g/mol. The van der Waals surface area contributed by atoms with Gasteiger partial charge in [-0.1, -0.05) is 31.5 Å². The molecule has 0 radical (unpaired) electrons. The quantitative estimate of drug-likeness (QED) is 0.776. The Bertz CT molecular complexity index is 843. The van der Waals surface area contributed by atoms with Gasteiger partial charge >= 0.3 is 0 Å². The lowest BCUT2D eigenvalue weighted by Gasteiger charge is -2.13. The molecule has 2 aromatic carbocycles. The SMILES string of the molecule is COc1ccc(/C=C2\C(=O)Nc3ccc(Cl)cc32)cc1OCC(C)C. The number of fused-ring (bicyclic) bond motifs is 1. The van der Waals surface area contributed by atoms with Crippen LogP contribution in [0.2, 0.25) is 5.02 Å². The zero-order valence-electron chi connectivity index (χ0n) is 14.4. The van der Waals surface area contributed by atoms with Crippen LogP contribution in [-0.2, 0) is 4.79 Å². The summed E-state index contributed by atoms with van der Waals surface area (Å²) in [5, 5.41) is 3.44. The van der Waals surface area contributed by atoms with Crippen molar-refractivity contribution in [2.75, 3.05) is 19.0 Å². The van der Waals surface area contributed by atoms with Gasteiger partial charge in [-0.05, 0) is 47.9 Å². The lowest BCUT2D eigenvalue weighted by Crippen LogP contribution is -2.06. The van der Waals surface area contributed by atoms with E-state index in [0.717, 1.165) is 16.8 Å². The summed E-state index contributed by atoms with van der Waals surface area (Å²) in [6.45, 7) is 4.76. The van der Waals surface area contributed by atoms with Gasteiger partial charge in [-0.3, -0.25) is 4.79 Å². The van der Waals surface area contributed by atoms with E-state index in [1.165, 1.54) is 0 Å². The zero-order valence-corrected chi connectivity index (χ0v) is 15.2. The van der Waals surface area contributed by atoms with E-state index in [4.69, 9.17) is 21.1 Å². The molecule has 1 aliphatic heterocycles. The Kier molecular flexibility index (Phi) is 5.00. The molecule has 0 saturated heterocycles. The Hall–Kier alpha value is -2.46. The summed E-state index contributed by atoms with van der Waals surface area (Å²) in [5.74, 6) is 1.59. The van der Waals surface area contributed by atoms with E-state index in [9.17, 15) is 4.79 Å². The van der Waals surface area contributed by atoms with Crippen LogP contribution in [0.4, 0.5) is 5.69 Å². The number of rotatable bonds is 5. The molecule has 25 heavy (non-hydrogen) atoms. The van der Waals surface area contributed by atoms with E-state index in [1.807, 2.05) is 30.3 Å². The van der Waals surface area contributed by atoms with E-state index < -0.39 is 0 Å². The number of hydrogen-bond acceptors (Lipinski definition) is 3. The van der Waals surface area contributed by atoms with Gasteiger partial charge in [-0.15, -0.1) is 0 Å². The van der Waals surface area contributed by atoms with Crippen molar-refractivity contribution in [3.8, 4) is 11.5 Å². The Morgan fingerprint density at radius 1 is 1.16 bits per heavy atom. The Labute approximate surface area is 152 Å². The number of ether oxygens (including phenoxy) is 2. The summed E-state index contributed by atoms with van der Waals surface area (Å²) in [4.78, 5) is 12.3. The van der Waals surface area contributed by atoms with Crippen molar-refractivity contribution in [2.24, 2.45) is 5.92 Å². The summed E-state index contributed by atoms with van der Waals surface area (Å²) in [6.07, 6.45) is 1.83. The van der Waals surface area contributed by atoms with E-state index in [-0.39, 0.29) is 5.91 Å². The lowest BCUT2D eigenvalue weighted by molar-refractivity contribution is -0.110. The summed E-state index contributed by atoms with van der Waals surface area (Å²) in [7, 11) is 1.61. The predicted octanol–water partition coefficient (Wildman–Crippen LogP) is 4.88. The second-order valence-electron chi connectivity index (χ2n) is 6.32. The van der Waals surface area contributed by atoms with Crippen LogP contribution in [0.15, 0.2) is 36.4 Å². The molecule has 1 heterocycles. The first-order valence-corrected chi connectivity index (χ1v) is 8.49. The second-order valence-corrected chi connectivity index (χ2v) is 6.75. The molecule has 0 aliphatic carbocycles. The first-order chi connectivity index (χ1) is 12.0. The van der Waals surface area contributed by atoms with Crippen molar-refractivity contribution in [1.82, 2.24) is 0 Å². The monoisotopic (exact) mass is 357 g/mol. The highest BCUT2D eigenvalue weighted by atomic mass is 35.5. The van der Waals surface area contributed by atoms with Gasteiger partial charge in [0.05, 0.1) is 13.7 Å². The average Bonchev–Trinajstić information content (AvgIpc) is 2.88. The minimum absolute atomic E-state index is 0.141. The van der Waals surface area contributed by atoms with Crippen molar-refractivity contribution in [3.05, 3.63) is 52.5 Å². The molecular weight excluding hydrogens is 338 g/mol. The van der Waals surface area contributed by atoms with Crippen LogP contribution in [0.25, 0.3) is 11.6 Å². The molecule has 4 nitrogen and oxygen atoms in total. The number of amides is 1. The van der Waals surface area contributed by atoms with Crippen molar-refractivity contribution >= 4 is 34.8 Å². The first kappa shape index (κ1) is 17.4. The van der Waals surface area contributed by atoms with Gasteiger partial charge in [-0.2, -0.15) is 0 Å². The molecule has 0 bridgehead atoms. The topological polar surface area (TPSA) is 47.6 Å². The number of nitrogens with one attached hydrogen (secondary N) is 1. The van der Waals surface area contributed by atoms with Crippen molar-refractivity contribution in [3.63, 3.8) is 0 Å². The van der Waals surface area contributed by atoms with E-state index >= 15 is 0 Å². The molecule has 1 N–H and O–H groups in total. The number of anilines is 1. The van der Waals surface area contributed by atoms with Gasteiger partial charge in [0.2, 0.25) is 0 Å². The van der Waals surface area contributed by atoms with Gasteiger partial charge in [-0.25, -0.2) is 0 Å². The Morgan fingerprint density at radius 3 is 2.68 bits per heavy atom. The maximum Gasteiger partial charge on any atom is 0.256 e. The summed E-state index contributed by atoms with van der Waals surface area (Å²) >= 11 is 6.07. The third-order valence-electron chi connectivity index (χ3n) is 3.84. The molecule has 1 amide bonds. The molecule has 0 fully saturated rings. The standard InChI is InChI=1S/C20H20ClNO3/c1-12(2)11-25-19-9-13(4-7-18(19)24-3)8-16-15-10-14(21)5-6-17(15)22-20(16)23/h4-10,12H,11H2,1-3H3,(H,22,23)/b16-8-. The van der Waals surface area contributed by atoms with Crippen LogP contribution in [0.5, 0.6) is 11.5 Å². The summed E-state index contributed by atoms with van der Waals surface area (Å²) in [6, 6.07) is 11.0. The molecular formula is C20H20ClNO3. The van der Waals surface area contributed by atoms with Gasteiger partial charge in [0.25, 0.3) is 5.91 Å². The highest BCUT2D eigenvalue weighted by Crippen LogP contribution is 2.36. The van der Waals surface area contributed by atoms with Crippen LogP contribution in [0, 0.1) is 5.92 Å². The molecule has 2 aromatic rings. The maximum absolute atomic E-state index is 12.3. The molecule has 1 aliphatic rings. The van der Waals surface area contributed by atoms with Crippen LogP contribution in [0.3, 0.4) is 0 Å². The molecule has 3 rings (SSSR count). The van der Waals surface area contributed by atoms with E-state index in [1.54, 1.807) is 19.2 Å². The molecule has 0 atom stereocenters. The van der Waals surface area contributed by atoms with Gasteiger partial charge in [0.1, 0.15) is 0 Å². The third kappa shape index (κ3) is 3.80. The van der Waals surface area contributed by atoms with Gasteiger partial charge in [0, 0.05) is 21.8 Å². The second kappa shape index (κ2) is 7.19. The predicted molar refractivity (Wildman–Crippen MR) is 101 cm³/mol. The van der Waals surface area contributed by atoms with Crippen LogP contribution in [0.1, 0.15) is 25.0 Å². The molecule has 0 spiro atoms. The molecule has 5 heteroatoms. The smallest absolute Gasteiger partial charge is 0.256 e. The molecule has 0 aromatic heterocycles. The van der Waals surface area contributed by atoms with Crippen molar-refractivity contribution in [1.29, 1.82) is 0 Å². The normalized spacial score (nSPS) is 14.6. The Balaban J connectivity index is 1.97. The first-order valence-electron chi connectivity index (χ1n) is 8.11. The summed E-state index contributed by atoms with van der Waals surface area (Å²) < 4.78 is 11.2. The minimum Gasteiger partial charge on any atom is -0.493 e. The largest absolute Gasteiger partial charge is 0.493 e. The van der Waals surface area contributed by atoms with Crippen LogP contribution < -0.4 is 14.8 Å². The fraction of sp³-hybridized carbons (Fsp3) is 0.250. The highest BCUT2D eigenvalue weighted by Gasteiger charge is 2.24. The zero-order chi connectivity index (χ0) is 18.0. The van der Waals surface area contributed by atoms with Gasteiger partial charge < -0.3 is 14.8 Å².